The normalized spacial score (nSPS) is 15.5. The molecule has 1 saturated heterocycles. The first-order chi connectivity index (χ1) is 9.58. The van der Waals surface area contributed by atoms with Crippen LogP contribution >= 0.6 is 22.9 Å². The van der Waals surface area contributed by atoms with Crippen LogP contribution in [0.2, 0.25) is 5.02 Å². The molecule has 20 heavy (non-hydrogen) atoms. The molecule has 104 valence electrons. The highest BCUT2D eigenvalue weighted by Gasteiger charge is 2.26. The lowest BCUT2D eigenvalue weighted by Crippen LogP contribution is -2.49. The molecule has 0 bridgehead atoms. The number of amides is 2. The minimum absolute atomic E-state index is 0.0996. The molecule has 1 aromatic carbocycles. The third-order valence-corrected chi connectivity index (χ3v) is 5.02. The van der Waals surface area contributed by atoms with Crippen LogP contribution in [0.25, 0.3) is 10.1 Å². The molecular formula is C14H13ClN2O2S. The molecule has 1 aliphatic heterocycles. The van der Waals surface area contributed by atoms with Crippen molar-refractivity contribution < 1.29 is 9.59 Å². The Balaban J connectivity index is 2.01. The molecule has 0 saturated carbocycles. The molecule has 1 aliphatic rings. The van der Waals surface area contributed by atoms with Gasteiger partial charge in [-0.3, -0.25) is 9.59 Å². The number of nitrogens with one attached hydrogen (secondary N) is 1. The zero-order valence-corrected chi connectivity index (χ0v) is 12.5. The van der Waals surface area contributed by atoms with Gasteiger partial charge in [0.25, 0.3) is 5.91 Å². The SMILES string of the molecule is Cc1cccc2sc(C(=O)N3CCNC(=O)C3)c(Cl)c12. The van der Waals surface area contributed by atoms with Gasteiger partial charge >= 0.3 is 0 Å². The molecule has 0 spiro atoms. The zero-order chi connectivity index (χ0) is 14.3. The molecular weight excluding hydrogens is 296 g/mol. The van der Waals surface area contributed by atoms with E-state index < -0.39 is 0 Å². The van der Waals surface area contributed by atoms with Gasteiger partial charge in [-0.05, 0) is 18.6 Å². The minimum atomic E-state index is -0.162. The quantitative estimate of drug-likeness (QED) is 0.879. The fraction of sp³-hybridized carbons (Fsp3) is 0.286. The fourth-order valence-corrected chi connectivity index (χ4v) is 4.01. The van der Waals surface area contributed by atoms with E-state index in [2.05, 4.69) is 5.32 Å². The van der Waals surface area contributed by atoms with Crippen molar-refractivity contribution in [2.45, 2.75) is 6.92 Å². The minimum Gasteiger partial charge on any atom is -0.353 e. The number of thiophene rings is 1. The second-order valence-corrected chi connectivity index (χ2v) is 6.20. The van der Waals surface area contributed by atoms with Gasteiger partial charge in [0.2, 0.25) is 5.91 Å². The van der Waals surface area contributed by atoms with E-state index in [0.717, 1.165) is 15.6 Å². The van der Waals surface area contributed by atoms with Crippen LogP contribution in [0.5, 0.6) is 0 Å². The number of nitrogens with zero attached hydrogens (tertiary/aromatic N) is 1. The second-order valence-electron chi connectivity index (χ2n) is 4.77. The molecule has 1 N–H and O–H groups in total. The molecule has 4 nitrogen and oxygen atoms in total. The molecule has 6 heteroatoms. The average molecular weight is 309 g/mol. The van der Waals surface area contributed by atoms with Crippen LogP contribution in [0, 0.1) is 6.92 Å². The smallest absolute Gasteiger partial charge is 0.266 e. The predicted molar refractivity (Wildman–Crippen MR) is 80.5 cm³/mol. The van der Waals surface area contributed by atoms with Crippen molar-refractivity contribution in [1.82, 2.24) is 10.2 Å². The van der Waals surface area contributed by atoms with Crippen LogP contribution in [0.1, 0.15) is 15.2 Å². The van der Waals surface area contributed by atoms with Crippen LogP contribution in [0.15, 0.2) is 18.2 Å². The number of hydrogen-bond acceptors (Lipinski definition) is 3. The van der Waals surface area contributed by atoms with E-state index >= 15 is 0 Å². The first kappa shape index (κ1) is 13.4. The van der Waals surface area contributed by atoms with E-state index in [0.29, 0.717) is 23.0 Å². The molecule has 2 heterocycles. The van der Waals surface area contributed by atoms with Crippen LogP contribution in [0.4, 0.5) is 0 Å². The second kappa shape index (κ2) is 5.07. The molecule has 0 unspecified atom stereocenters. The molecule has 1 aromatic heterocycles. The first-order valence-electron chi connectivity index (χ1n) is 6.31. The fourth-order valence-electron chi connectivity index (χ4n) is 2.37. The Morgan fingerprint density at radius 3 is 2.95 bits per heavy atom. The van der Waals surface area contributed by atoms with Crippen molar-refractivity contribution in [3.8, 4) is 0 Å². The highest BCUT2D eigenvalue weighted by molar-refractivity contribution is 7.21. The maximum Gasteiger partial charge on any atom is 0.266 e. The van der Waals surface area contributed by atoms with Gasteiger partial charge in [0, 0.05) is 23.2 Å². The van der Waals surface area contributed by atoms with Gasteiger partial charge in [0.15, 0.2) is 0 Å². The third-order valence-electron chi connectivity index (χ3n) is 3.39. The van der Waals surface area contributed by atoms with Crippen molar-refractivity contribution in [2.75, 3.05) is 19.6 Å². The Bertz CT molecular complexity index is 711. The lowest BCUT2D eigenvalue weighted by molar-refractivity contribution is -0.123. The summed E-state index contributed by atoms with van der Waals surface area (Å²) >= 11 is 7.76. The number of carbonyl (C=O) groups is 2. The molecule has 3 rings (SSSR count). The van der Waals surface area contributed by atoms with Crippen molar-refractivity contribution >= 4 is 44.8 Å². The van der Waals surface area contributed by atoms with E-state index in [1.165, 1.54) is 11.3 Å². The van der Waals surface area contributed by atoms with E-state index in [4.69, 9.17) is 11.6 Å². The number of benzene rings is 1. The Hall–Kier alpha value is -1.59. The summed E-state index contributed by atoms with van der Waals surface area (Å²) in [7, 11) is 0. The maximum atomic E-state index is 12.5. The molecule has 1 fully saturated rings. The third kappa shape index (κ3) is 2.17. The Labute approximate surface area is 125 Å². The number of piperazine rings is 1. The van der Waals surface area contributed by atoms with Crippen molar-refractivity contribution in [3.63, 3.8) is 0 Å². The number of rotatable bonds is 1. The lowest BCUT2D eigenvalue weighted by Gasteiger charge is -2.26. The number of carbonyl (C=O) groups excluding carboxylic acids is 2. The summed E-state index contributed by atoms with van der Waals surface area (Å²) < 4.78 is 1.000. The molecule has 2 amide bonds. The largest absolute Gasteiger partial charge is 0.353 e. The predicted octanol–water partition coefficient (Wildman–Crippen LogP) is 2.44. The van der Waals surface area contributed by atoms with E-state index in [-0.39, 0.29) is 18.4 Å². The first-order valence-corrected chi connectivity index (χ1v) is 7.51. The van der Waals surface area contributed by atoms with E-state index in [1.807, 2.05) is 25.1 Å². The van der Waals surface area contributed by atoms with Crippen molar-refractivity contribution in [2.24, 2.45) is 0 Å². The summed E-state index contributed by atoms with van der Waals surface area (Å²) in [4.78, 5) is 26.0. The molecule has 0 radical (unpaired) electrons. The highest BCUT2D eigenvalue weighted by Crippen LogP contribution is 2.37. The standard InChI is InChI=1S/C14H13ClN2O2S/c1-8-3-2-4-9-11(8)12(15)13(20-9)14(19)17-6-5-16-10(18)7-17/h2-4H,5-7H2,1H3,(H,16,18). The Morgan fingerprint density at radius 1 is 1.45 bits per heavy atom. The van der Waals surface area contributed by atoms with Crippen molar-refractivity contribution in [1.29, 1.82) is 0 Å². The van der Waals surface area contributed by atoms with Gasteiger partial charge in [-0.1, -0.05) is 23.7 Å². The van der Waals surface area contributed by atoms with Gasteiger partial charge < -0.3 is 10.2 Å². The topological polar surface area (TPSA) is 49.4 Å². The molecule has 0 aliphatic carbocycles. The van der Waals surface area contributed by atoms with Gasteiger partial charge in [-0.15, -0.1) is 11.3 Å². The van der Waals surface area contributed by atoms with Crippen molar-refractivity contribution in [3.05, 3.63) is 33.7 Å². The maximum absolute atomic E-state index is 12.5. The number of hydrogen-bond donors (Lipinski definition) is 1. The summed E-state index contributed by atoms with van der Waals surface area (Å²) in [6.45, 7) is 3.09. The summed E-state index contributed by atoms with van der Waals surface area (Å²) in [5, 5.41) is 4.14. The van der Waals surface area contributed by atoms with E-state index in [1.54, 1.807) is 4.90 Å². The highest BCUT2D eigenvalue weighted by atomic mass is 35.5. The van der Waals surface area contributed by atoms with E-state index in [9.17, 15) is 9.59 Å². The molecule has 0 atom stereocenters. The van der Waals surface area contributed by atoms with Crippen LogP contribution < -0.4 is 5.32 Å². The number of halogens is 1. The van der Waals surface area contributed by atoms with Gasteiger partial charge in [0.1, 0.15) is 4.88 Å². The number of fused-ring (bicyclic) bond motifs is 1. The van der Waals surface area contributed by atoms with Crippen LogP contribution in [-0.2, 0) is 4.79 Å². The van der Waals surface area contributed by atoms with Crippen LogP contribution in [0.3, 0.4) is 0 Å². The van der Waals surface area contributed by atoms with Gasteiger partial charge in [-0.25, -0.2) is 0 Å². The van der Waals surface area contributed by atoms with Crippen LogP contribution in [-0.4, -0.2) is 36.3 Å². The Morgan fingerprint density at radius 2 is 2.25 bits per heavy atom. The summed E-state index contributed by atoms with van der Waals surface area (Å²) in [5.41, 5.74) is 1.05. The lowest BCUT2D eigenvalue weighted by atomic mass is 10.1. The molecule has 2 aromatic rings. The summed E-state index contributed by atoms with van der Waals surface area (Å²) in [5.74, 6) is -0.288. The Kier molecular flexibility index (Phi) is 3.40. The van der Waals surface area contributed by atoms with Gasteiger partial charge in [0.05, 0.1) is 11.6 Å². The monoisotopic (exact) mass is 308 g/mol. The summed E-state index contributed by atoms with van der Waals surface area (Å²) in [6.07, 6.45) is 0. The number of aryl methyl sites for hydroxylation is 1. The van der Waals surface area contributed by atoms with Gasteiger partial charge in [-0.2, -0.15) is 0 Å². The summed E-state index contributed by atoms with van der Waals surface area (Å²) in [6, 6.07) is 5.88. The average Bonchev–Trinajstić information content (AvgIpc) is 2.76. The zero-order valence-electron chi connectivity index (χ0n) is 10.9.